The zero-order valence-corrected chi connectivity index (χ0v) is 14.0. The van der Waals surface area contributed by atoms with Crippen LogP contribution in [-0.2, 0) is 4.79 Å². The highest BCUT2D eigenvalue weighted by molar-refractivity contribution is 5.79. The lowest BCUT2D eigenvalue weighted by Crippen LogP contribution is -2.43. The van der Waals surface area contributed by atoms with Crippen molar-refractivity contribution >= 4 is 5.91 Å². The van der Waals surface area contributed by atoms with E-state index in [4.69, 9.17) is 9.47 Å². The minimum Gasteiger partial charge on any atom is -0.490 e. The fraction of sp³-hybridized carbons (Fsp3) is 0.632. The maximum absolute atomic E-state index is 12.7. The van der Waals surface area contributed by atoms with Crippen molar-refractivity contribution in [2.45, 2.75) is 64.0 Å². The molecule has 3 rings (SSSR count). The summed E-state index contributed by atoms with van der Waals surface area (Å²) in [7, 11) is 0. The average Bonchev–Trinajstić information content (AvgIpc) is 3.25. The summed E-state index contributed by atoms with van der Waals surface area (Å²) in [5.41, 5.74) is 0. The van der Waals surface area contributed by atoms with E-state index in [9.17, 15) is 4.79 Å². The molecule has 1 aromatic rings. The topological polar surface area (TPSA) is 38.8 Å². The summed E-state index contributed by atoms with van der Waals surface area (Å²) in [5, 5.41) is 0. The third kappa shape index (κ3) is 4.18. The Labute approximate surface area is 138 Å². The number of nitrogens with zero attached hydrogens (tertiary/aromatic N) is 1. The van der Waals surface area contributed by atoms with Gasteiger partial charge in [0.25, 0.3) is 5.91 Å². The second kappa shape index (κ2) is 7.71. The van der Waals surface area contributed by atoms with Gasteiger partial charge in [-0.15, -0.1) is 0 Å². The molecule has 0 spiro atoms. The van der Waals surface area contributed by atoms with Crippen LogP contribution in [0.15, 0.2) is 24.3 Å². The standard InChI is InChI=1S/C19H27NO3/c1-2-13-22-17-9-5-6-10-18(17)23-14-19(21)20(16-11-12-16)15-7-3-4-8-15/h5-6,9-10,15-16H,2-4,7-8,11-14H2,1H3. The third-order valence-corrected chi connectivity index (χ3v) is 4.61. The molecule has 4 heteroatoms. The molecule has 2 aliphatic rings. The van der Waals surface area contributed by atoms with E-state index in [1.807, 2.05) is 24.3 Å². The van der Waals surface area contributed by atoms with Gasteiger partial charge < -0.3 is 14.4 Å². The Morgan fingerprint density at radius 1 is 1.04 bits per heavy atom. The number of ether oxygens (including phenoxy) is 2. The van der Waals surface area contributed by atoms with Crippen molar-refractivity contribution in [1.82, 2.24) is 4.90 Å². The number of benzene rings is 1. The quantitative estimate of drug-likeness (QED) is 0.732. The zero-order chi connectivity index (χ0) is 16.1. The molecule has 4 nitrogen and oxygen atoms in total. The van der Waals surface area contributed by atoms with Crippen molar-refractivity contribution in [3.8, 4) is 11.5 Å². The highest BCUT2D eigenvalue weighted by atomic mass is 16.5. The lowest BCUT2D eigenvalue weighted by Gasteiger charge is -2.29. The molecule has 23 heavy (non-hydrogen) atoms. The lowest BCUT2D eigenvalue weighted by molar-refractivity contribution is -0.136. The van der Waals surface area contributed by atoms with Crippen LogP contribution in [-0.4, -0.2) is 36.1 Å². The Bertz CT molecular complexity index is 521. The number of hydrogen-bond acceptors (Lipinski definition) is 3. The summed E-state index contributed by atoms with van der Waals surface area (Å²) in [6.07, 6.45) is 8.05. The predicted molar refractivity (Wildman–Crippen MR) is 89.8 cm³/mol. The maximum atomic E-state index is 12.7. The molecule has 0 unspecified atom stereocenters. The number of amides is 1. The van der Waals surface area contributed by atoms with Gasteiger partial charge in [0.2, 0.25) is 0 Å². The molecular formula is C19H27NO3. The van der Waals surface area contributed by atoms with E-state index in [-0.39, 0.29) is 12.5 Å². The Morgan fingerprint density at radius 2 is 1.65 bits per heavy atom. The van der Waals surface area contributed by atoms with Crippen LogP contribution in [0.25, 0.3) is 0 Å². The van der Waals surface area contributed by atoms with Gasteiger partial charge in [0.05, 0.1) is 6.61 Å². The highest BCUT2D eigenvalue weighted by Crippen LogP contribution is 2.35. The van der Waals surface area contributed by atoms with Gasteiger partial charge in [-0.3, -0.25) is 4.79 Å². The number of carbonyl (C=O) groups excluding carboxylic acids is 1. The SMILES string of the molecule is CCCOc1ccccc1OCC(=O)N(C1CCCC1)C1CC1. The van der Waals surface area contributed by atoms with Crippen molar-refractivity contribution in [2.75, 3.05) is 13.2 Å². The second-order valence-corrected chi connectivity index (χ2v) is 6.55. The van der Waals surface area contributed by atoms with Crippen molar-refractivity contribution in [2.24, 2.45) is 0 Å². The number of rotatable bonds is 8. The summed E-state index contributed by atoms with van der Waals surface area (Å²) >= 11 is 0. The van der Waals surface area contributed by atoms with Crippen LogP contribution in [0, 0.1) is 0 Å². The molecule has 0 radical (unpaired) electrons. The number of carbonyl (C=O) groups is 1. The summed E-state index contributed by atoms with van der Waals surface area (Å²) in [6, 6.07) is 8.49. The molecule has 0 saturated heterocycles. The smallest absolute Gasteiger partial charge is 0.261 e. The average molecular weight is 317 g/mol. The minimum atomic E-state index is 0.111. The van der Waals surface area contributed by atoms with Gasteiger partial charge in [-0.1, -0.05) is 31.9 Å². The Morgan fingerprint density at radius 3 is 2.26 bits per heavy atom. The molecule has 2 fully saturated rings. The van der Waals surface area contributed by atoms with E-state index < -0.39 is 0 Å². The first kappa shape index (κ1) is 16.2. The summed E-state index contributed by atoms with van der Waals surface area (Å²) in [5.74, 6) is 1.52. The van der Waals surface area contributed by atoms with Crippen molar-refractivity contribution in [1.29, 1.82) is 0 Å². The molecule has 0 N–H and O–H groups in total. The van der Waals surface area contributed by atoms with Crippen molar-refractivity contribution in [3.63, 3.8) is 0 Å². The lowest BCUT2D eigenvalue weighted by atomic mass is 10.2. The molecule has 0 heterocycles. The van der Waals surface area contributed by atoms with Gasteiger partial charge in [0.1, 0.15) is 0 Å². The van der Waals surface area contributed by atoms with Crippen LogP contribution < -0.4 is 9.47 Å². The Hall–Kier alpha value is -1.71. The molecule has 0 bridgehead atoms. The number of hydrogen-bond donors (Lipinski definition) is 0. The second-order valence-electron chi connectivity index (χ2n) is 6.55. The van der Waals surface area contributed by atoms with Crippen molar-refractivity contribution < 1.29 is 14.3 Å². The van der Waals surface area contributed by atoms with Gasteiger partial charge >= 0.3 is 0 Å². The predicted octanol–water partition coefficient (Wildman–Crippen LogP) is 3.79. The van der Waals surface area contributed by atoms with E-state index >= 15 is 0 Å². The van der Waals surface area contributed by atoms with E-state index in [1.54, 1.807) is 0 Å². The third-order valence-electron chi connectivity index (χ3n) is 4.61. The first-order valence-corrected chi connectivity index (χ1v) is 8.95. The molecule has 126 valence electrons. The van der Waals surface area contributed by atoms with Gasteiger partial charge in [-0.25, -0.2) is 0 Å². The van der Waals surface area contributed by atoms with Crippen LogP contribution >= 0.6 is 0 Å². The van der Waals surface area contributed by atoms with Crippen LogP contribution in [0.5, 0.6) is 11.5 Å². The highest BCUT2D eigenvalue weighted by Gasteiger charge is 2.38. The monoisotopic (exact) mass is 317 g/mol. The minimum absolute atomic E-state index is 0.111. The summed E-state index contributed by atoms with van der Waals surface area (Å²) in [4.78, 5) is 14.8. The Balaban J connectivity index is 1.59. The molecule has 0 atom stereocenters. The van der Waals surface area contributed by atoms with Crippen LogP contribution in [0.2, 0.25) is 0 Å². The van der Waals surface area contributed by atoms with Crippen LogP contribution in [0.1, 0.15) is 51.9 Å². The van der Waals surface area contributed by atoms with E-state index in [1.165, 1.54) is 12.8 Å². The summed E-state index contributed by atoms with van der Waals surface area (Å²) < 4.78 is 11.5. The van der Waals surface area contributed by atoms with E-state index in [0.29, 0.717) is 24.4 Å². The van der Waals surface area contributed by atoms with Gasteiger partial charge in [0.15, 0.2) is 18.1 Å². The number of para-hydroxylation sites is 2. The molecular weight excluding hydrogens is 290 g/mol. The van der Waals surface area contributed by atoms with Gasteiger partial charge in [-0.05, 0) is 44.2 Å². The van der Waals surface area contributed by atoms with Crippen molar-refractivity contribution in [3.05, 3.63) is 24.3 Å². The molecule has 2 aliphatic carbocycles. The molecule has 0 aromatic heterocycles. The molecule has 1 amide bonds. The molecule has 1 aromatic carbocycles. The fourth-order valence-electron chi connectivity index (χ4n) is 3.36. The van der Waals surface area contributed by atoms with E-state index in [2.05, 4.69) is 11.8 Å². The molecule has 0 aliphatic heterocycles. The fourth-order valence-corrected chi connectivity index (χ4v) is 3.36. The van der Waals surface area contributed by atoms with Crippen LogP contribution in [0.3, 0.4) is 0 Å². The first-order valence-electron chi connectivity index (χ1n) is 8.95. The largest absolute Gasteiger partial charge is 0.490 e. The zero-order valence-electron chi connectivity index (χ0n) is 14.0. The van der Waals surface area contributed by atoms with E-state index in [0.717, 1.165) is 37.9 Å². The summed E-state index contributed by atoms with van der Waals surface area (Å²) in [6.45, 7) is 2.84. The first-order chi connectivity index (χ1) is 11.3. The Kier molecular flexibility index (Phi) is 5.42. The molecule has 2 saturated carbocycles. The van der Waals surface area contributed by atoms with Gasteiger partial charge in [-0.2, -0.15) is 0 Å². The van der Waals surface area contributed by atoms with Gasteiger partial charge in [0, 0.05) is 12.1 Å². The normalized spacial score (nSPS) is 18.0. The van der Waals surface area contributed by atoms with Crippen LogP contribution in [0.4, 0.5) is 0 Å². The maximum Gasteiger partial charge on any atom is 0.261 e.